The second-order valence-corrected chi connectivity index (χ2v) is 7.09. The van der Waals surface area contributed by atoms with Crippen molar-refractivity contribution in [1.29, 1.82) is 5.26 Å². The van der Waals surface area contributed by atoms with Crippen LogP contribution in [0.25, 0.3) is 0 Å². The molecule has 1 aromatic rings. The molecule has 0 saturated heterocycles. The van der Waals surface area contributed by atoms with Gasteiger partial charge in [0.1, 0.15) is 11.3 Å². The molecule has 2 rings (SSSR count). The first-order chi connectivity index (χ1) is 10.6. The predicted octanol–water partition coefficient (Wildman–Crippen LogP) is 3.52. The fourth-order valence-corrected chi connectivity index (χ4v) is 3.54. The highest BCUT2D eigenvalue weighted by Crippen LogP contribution is 2.30. The Bertz CT molecular complexity index is 545. The number of hydrogen-bond donors (Lipinski definition) is 1. The highest BCUT2D eigenvalue weighted by atomic mass is 32.2. The Morgan fingerprint density at radius 1 is 1.32 bits per heavy atom. The molecule has 1 aromatic carbocycles. The fraction of sp³-hybridized carbons (Fsp3) is 0.529. The summed E-state index contributed by atoms with van der Waals surface area (Å²) in [6, 6.07) is 9.96. The molecule has 0 unspecified atom stereocenters. The monoisotopic (exact) mass is 318 g/mol. The zero-order valence-electron chi connectivity index (χ0n) is 13.1. The first-order valence-corrected chi connectivity index (χ1v) is 8.50. The van der Waals surface area contributed by atoms with Crippen LogP contribution in [-0.4, -0.2) is 23.8 Å². The van der Waals surface area contributed by atoms with Gasteiger partial charge in [-0.05, 0) is 44.0 Å². The molecule has 0 aliphatic heterocycles. The van der Waals surface area contributed by atoms with Crippen molar-refractivity contribution in [3.63, 3.8) is 0 Å². The van der Waals surface area contributed by atoms with Gasteiger partial charge in [-0.15, -0.1) is 11.8 Å². The highest BCUT2D eigenvalue weighted by Gasteiger charge is 2.34. The number of nitriles is 1. The number of methoxy groups -OCH3 is 1. The van der Waals surface area contributed by atoms with Crippen LogP contribution in [0.2, 0.25) is 0 Å². The third kappa shape index (κ3) is 4.17. The summed E-state index contributed by atoms with van der Waals surface area (Å²) < 4.78 is 5.13. The molecule has 0 aromatic heterocycles. The molecular formula is C17H22N2O2S. The number of carbonyl (C=O) groups excluding carboxylic acids is 1. The first-order valence-electron chi connectivity index (χ1n) is 7.62. The van der Waals surface area contributed by atoms with E-state index in [1.165, 1.54) is 11.8 Å². The van der Waals surface area contributed by atoms with E-state index in [4.69, 9.17) is 4.74 Å². The average molecular weight is 318 g/mol. The van der Waals surface area contributed by atoms with E-state index >= 15 is 0 Å². The lowest BCUT2D eigenvalue weighted by Crippen LogP contribution is -2.50. The van der Waals surface area contributed by atoms with E-state index in [-0.39, 0.29) is 11.2 Å². The Morgan fingerprint density at radius 2 is 1.95 bits per heavy atom. The van der Waals surface area contributed by atoms with Crippen molar-refractivity contribution < 1.29 is 9.53 Å². The van der Waals surface area contributed by atoms with Crippen LogP contribution in [0.4, 0.5) is 0 Å². The van der Waals surface area contributed by atoms with E-state index in [1.807, 2.05) is 31.2 Å². The second kappa shape index (κ2) is 7.55. The third-order valence-electron chi connectivity index (χ3n) is 4.03. The topological polar surface area (TPSA) is 62.1 Å². The second-order valence-electron chi connectivity index (χ2n) is 5.68. The lowest BCUT2D eigenvalue weighted by atomic mass is 9.83. The number of ether oxygens (including phenoxy) is 1. The zero-order valence-corrected chi connectivity index (χ0v) is 13.9. The molecule has 1 saturated carbocycles. The Balaban J connectivity index is 1.94. The quantitative estimate of drug-likeness (QED) is 0.844. The Morgan fingerprint density at radius 3 is 2.50 bits per heavy atom. The molecule has 1 N–H and O–H groups in total. The van der Waals surface area contributed by atoms with E-state index < -0.39 is 5.54 Å². The molecule has 118 valence electrons. The Labute approximate surface area is 136 Å². The average Bonchev–Trinajstić information content (AvgIpc) is 2.56. The largest absolute Gasteiger partial charge is 0.497 e. The van der Waals surface area contributed by atoms with Crippen molar-refractivity contribution in [1.82, 2.24) is 5.32 Å². The summed E-state index contributed by atoms with van der Waals surface area (Å²) in [6.45, 7) is 1.87. The predicted molar refractivity (Wildman–Crippen MR) is 87.9 cm³/mol. The summed E-state index contributed by atoms with van der Waals surface area (Å²) in [5.41, 5.74) is -0.663. The van der Waals surface area contributed by atoms with Crippen LogP contribution in [0, 0.1) is 11.3 Å². The first kappa shape index (κ1) is 16.7. The van der Waals surface area contributed by atoms with Gasteiger partial charge >= 0.3 is 0 Å². The molecule has 22 heavy (non-hydrogen) atoms. The zero-order chi connectivity index (χ0) is 16.0. The van der Waals surface area contributed by atoms with Crippen LogP contribution in [0.1, 0.15) is 39.0 Å². The number of rotatable bonds is 5. The molecule has 0 spiro atoms. The molecule has 1 fully saturated rings. The van der Waals surface area contributed by atoms with Crippen LogP contribution in [0.5, 0.6) is 5.75 Å². The minimum absolute atomic E-state index is 0.0655. The molecule has 1 amide bonds. The number of benzene rings is 1. The molecule has 5 heteroatoms. The van der Waals surface area contributed by atoms with Crippen LogP contribution < -0.4 is 10.1 Å². The third-order valence-corrected chi connectivity index (χ3v) is 5.14. The van der Waals surface area contributed by atoms with E-state index in [2.05, 4.69) is 11.4 Å². The summed E-state index contributed by atoms with van der Waals surface area (Å²) >= 11 is 1.49. The van der Waals surface area contributed by atoms with Crippen LogP contribution in [0.15, 0.2) is 29.2 Å². The number of nitrogens with one attached hydrogen (secondary N) is 1. The van der Waals surface area contributed by atoms with Crippen molar-refractivity contribution >= 4 is 17.7 Å². The van der Waals surface area contributed by atoms with Crippen molar-refractivity contribution in [2.75, 3.05) is 7.11 Å². The smallest absolute Gasteiger partial charge is 0.234 e. The van der Waals surface area contributed by atoms with Gasteiger partial charge in [-0.3, -0.25) is 4.79 Å². The Hall–Kier alpha value is -1.67. The molecule has 1 aliphatic carbocycles. The van der Waals surface area contributed by atoms with Gasteiger partial charge in [0.05, 0.1) is 18.4 Å². The summed E-state index contributed by atoms with van der Waals surface area (Å²) in [4.78, 5) is 13.4. The molecule has 0 heterocycles. The number of hydrogen-bond acceptors (Lipinski definition) is 4. The maximum absolute atomic E-state index is 12.4. The van der Waals surface area contributed by atoms with Gasteiger partial charge in [0.2, 0.25) is 5.91 Å². The Kier molecular flexibility index (Phi) is 5.73. The van der Waals surface area contributed by atoms with Crippen molar-refractivity contribution in [3.8, 4) is 11.8 Å². The van der Waals surface area contributed by atoms with Crippen LogP contribution in [-0.2, 0) is 4.79 Å². The molecule has 0 bridgehead atoms. The normalized spacial score (nSPS) is 18.0. The van der Waals surface area contributed by atoms with Gasteiger partial charge in [-0.2, -0.15) is 5.26 Å². The molecule has 1 aliphatic rings. The summed E-state index contributed by atoms with van der Waals surface area (Å²) in [5, 5.41) is 12.2. The SMILES string of the molecule is COc1ccc(S[C@@H](C)C(=O)NC2(C#N)CCCCC2)cc1. The fourth-order valence-electron chi connectivity index (χ4n) is 2.67. The number of nitrogens with zero attached hydrogens (tertiary/aromatic N) is 1. The molecule has 1 atom stereocenters. The highest BCUT2D eigenvalue weighted by molar-refractivity contribution is 8.00. The van der Waals surface area contributed by atoms with E-state index in [0.29, 0.717) is 0 Å². The summed E-state index contributed by atoms with van der Waals surface area (Å²) in [7, 11) is 1.63. The maximum Gasteiger partial charge on any atom is 0.234 e. The van der Waals surface area contributed by atoms with Gasteiger partial charge in [-0.1, -0.05) is 19.3 Å². The maximum atomic E-state index is 12.4. The van der Waals surface area contributed by atoms with Gasteiger partial charge in [0.25, 0.3) is 0 Å². The lowest BCUT2D eigenvalue weighted by Gasteiger charge is -2.32. The van der Waals surface area contributed by atoms with Crippen molar-refractivity contribution in [2.45, 2.75) is 54.7 Å². The van der Waals surface area contributed by atoms with Crippen LogP contribution in [0.3, 0.4) is 0 Å². The standard InChI is InChI=1S/C17H22N2O2S/c1-13(22-15-8-6-14(21-2)7-9-15)16(20)19-17(12-18)10-4-3-5-11-17/h6-9,13H,3-5,10-11H2,1-2H3,(H,19,20)/t13-/m0/s1. The number of carbonyl (C=O) groups is 1. The van der Waals surface area contributed by atoms with Gasteiger partial charge < -0.3 is 10.1 Å². The van der Waals surface area contributed by atoms with Crippen molar-refractivity contribution in [2.24, 2.45) is 0 Å². The summed E-state index contributed by atoms with van der Waals surface area (Å²) in [6.07, 6.45) is 4.68. The minimum Gasteiger partial charge on any atom is -0.497 e. The molecule has 4 nitrogen and oxygen atoms in total. The van der Waals surface area contributed by atoms with E-state index in [0.717, 1.165) is 42.7 Å². The molecular weight excluding hydrogens is 296 g/mol. The van der Waals surface area contributed by atoms with Gasteiger partial charge in [-0.25, -0.2) is 0 Å². The van der Waals surface area contributed by atoms with E-state index in [1.54, 1.807) is 7.11 Å². The minimum atomic E-state index is -0.663. The number of amides is 1. The molecule has 0 radical (unpaired) electrons. The van der Waals surface area contributed by atoms with E-state index in [9.17, 15) is 10.1 Å². The number of thioether (sulfide) groups is 1. The summed E-state index contributed by atoms with van der Waals surface area (Å²) in [5.74, 6) is 0.733. The lowest BCUT2D eigenvalue weighted by molar-refractivity contribution is -0.121. The van der Waals surface area contributed by atoms with Crippen molar-refractivity contribution in [3.05, 3.63) is 24.3 Å². The van der Waals surface area contributed by atoms with Gasteiger partial charge in [0, 0.05) is 4.90 Å². The van der Waals surface area contributed by atoms with Gasteiger partial charge in [0.15, 0.2) is 0 Å². The van der Waals surface area contributed by atoms with Crippen LogP contribution >= 0.6 is 11.8 Å².